The van der Waals surface area contributed by atoms with Crippen LogP contribution in [0.4, 0.5) is 16.0 Å². The maximum atomic E-state index is 13.2. The second-order valence-corrected chi connectivity index (χ2v) is 3.45. The second-order valence-electron chi connectivity index (χ2n) is 3.45. The average molecular weight is 205 g/mol. The number of aromatic nitrogens is 2. The molecule has 0 bridgehead atoms. The Bertz CT molecular complexity index is 476. The summed E-state index contributed by atoms with van der Waals surface area (Å²) in [5.41, 5.74) is 1.34. The molecule has 4 heteroatoms. The van der Waals surface area contributed by atoms with Gasteiger partial charge >= 0.3 is 0 Å². The molecule has 3 nitrogen and oxygen atoms in total. The largest absolute Gasteiger partial charge is 0.326 e. The fourth-order valence-corrected chi connectivity index (χ4v) is 1.29. The summed E-state index contributed by atoms with van der Waals surface area (Å²) < 4.78 is 15.1. The summed E-state index contributed by atoms with van der Waals surface area (Å²) in [6.45, 7) is 1.74. The van der Waals surface area contributed by atoms with E-state index in [1.165, 1.54) is 6.07 Å². The van der Waals surface area contributed by atoms with Gasteiger partial charge in [0.1, 0.15) is 5.82 Å². The molecule has 1 heterocycles. The molecule has 0 spiro atoms. The predicted molar refractivity (Wildman–Crippen MR) is 57.6 cm³/mol. The number of imidazole rings is 1. The first-order valence-corrected chi connectivity index (χ1v) is 4.67. The van der Waals surface area contributed by atoms with E-state index in [-0.39, 0.29) is 5.82 Å². The number of nitrogens with one attached hydrogen (secondary N) is 1. The summed E-state index contributed by atoms with van der Waals surface area (Å²) in [7, 11) is 1.87. The minimum absolute atomic E-state index is 0.214. The van der Waals surface area contributed by atoms with Gasteiger partial charge in [0.25, 0.3) is 0 Å². The van der Waals surface area contributed by atoms with Crippen LogP contribution in [0.1, 0.15) is 5.56 Å². The normalized spacial score (nSPS) is 10.3. The van der Waals surface area contributed by atoms with Gasteiger partial charge in [-0.2, -0.15) is 0 Å². The van der Waals surface area contributed by atoms with E-state index in [4.69, 9.17) is 0 Å². The predicted octanol–water partition coefficient (Wildman–Crippen LogP) is 2.61. The zero-order valence-electron chi connectivity index (χ0n) is 8.66. The summed E-state index contributed by atoms with van der Waals surface area (Å²) in [5, 5.41) is 3.03. The van der Waals surface area contributed by atoms with Crippen LogP contribution in [0.15, 0.2) is 30.6 Å². The van der Waals surface area contributed by atoms with Gasteiger partial charge in [0.2, 0.25) is 5.95 Å². The first kappa shape index (κ1) is 9.71. The lowest BCUT2D eigenvalue weighted by Crippen LogP contribution is -1.99. The van der Waals surface area contributed by atoms with Crippen molar-refractivity contribution in [2.45, 2.75) is 6.92 Å². The first-order valence-electron chi connectivity index (χ1n) is 4.67. The molecule has 0 fully saturated rings. The summed E-state index contributed by atoms with van der Waals surface area (Å²) in [6, 6.07) is 5.03. The summed E-state index contributed by atoms with van der Waals surface area (Å²) in [6.07, 6.45) is 3.51. The highest BCUT2D eigenvalue weighted by Gasteiger charge is 2.02. The third-order valence-corrected chi connectivity index (χ3v) is 2.25. The highest BCUT2D eigenvalue weighted by Crippen LogP contribution is 2.17. The fourth-order valence-electron chi connectivity index (χ4n) is 1.29. The molecule has 0 saturated heterocycles. The quantitative estimate of drug-likeness (QED) is 0.816. The van der Waals surface area contributed by atoms with Crippen LogP contribution >= 0.6 is 0 Å². The molecular weight excluding hydrogens is 193 g/mol. The van der Waals surface area contributed by atoms with Crippen LogP contribution in [0.3, 0.4) is 0 Å². The third kappa shape index (κ3) is 1.98. The Morgan fingerprint density at radius 1 is 1.40 bits per heavy atom. The molecule has 0 radical (unpaired) electrons. The minimum atomic E-state index is -0.214. The van der Waals surface area contributed by atoms with E-state index in [1.54, 1.807) is 19.2 Å². The van der Waals surface area contributed by atoms with E-state index in [0.29, 0.717) is 17.2 Å². The number of hydrogen-bond acceptors (Lipinski definition) is 2. The number of aryl methyl sites for hydroxylation is 2. The van der Waals surface area contributed by atoms with Gasteiger partial charge in [0, 0.05) is 25.1 Å². The molecule has 0 aliphatic rings. The monoisotopic (exact) mass is 205 g/mol. The van der Waals surface area contributed by atoms with Gasteiger partial charge in [0.15, 0.2) is 0 Å². The van der Waals surface area contributed by atoms with Crippen LogP contribution in [-0.4, -0.2) is 9.55 Å². The number of rotatable bonds is 2. The topological polar surface area (TPSA) is 29.9 Å². The maximum absolute atomic E-state index is 13.2. The van der Waals surface area contributed by atoms with E-state index in [1.807, 2.05) is 23.9 Å². The molecule has 0 aliphatic carbocycles. The zero-order valence-corrected chi connectivity index (χ0v) is 8.66. The van der Waals surface area contributed by atoms with Crippen molar-refractivity contribution in [2.75, 3.05) is 5.32 Å². The van der Waals surface area contributed by atoms with Crippen molar-refractivity contribution in [3.05, 3.63) is 42.0 Å². The van der Waals surface area contributed by atoms with Crippen molar-refractivity contribution >= 4 is 11.6 Å². The SMILES string of the molecule is Cc1ccc(Nc2nccn2C)cc1F. The Hall–Kier alpha value is -1.84. The van der Waals surface area contributed by atoms with E-state index in [0.717, 1.165) is 0 Å². The van der Waals surface area contributed by atoms with Crippen molar-refractivity contribution in [1.29, 1.82) is 0 Å². The van der Waals surface area contributed by atoms with Crippen molar-refractivity contribution in [3.8, 4) is 0 Å². The van der Waals surface area contributed by atoms with Crippen LogP contribution in [0.5, 0.6) is 0 Å². The van der Waals surface area contributed by atoms with Crippen LogP contribution in [0.25, 0.3) is 0 Å². The molecule has 1 aromatic carbocycles. The highest BCUT2D eigenvalue weighted by atomic mass is 19.1. The van der Waals surface area contributed by atoms with Crippen molar-refractivity contribution < 1.29 is 4.39 Å². The molecular formula is C11H12FN3. The number of halogens is 1. The second kappa shape index (κ2) is 3.73. The molecule has 1 N–H and O–H groups in total. The Balaban J connectivity index is 2.25. The molecule has 0 amide bonds. The molecule has 78 valence electrons. The number of nitrogens with zero attached hydrogens (tertiary/aromatic N) is 2. The van der Waals surface area contributed by atoms with E-state index < -0.39 is 0 Å². The minimum Gasteiger partial charge on any atom is -0.326 e. The van der Waals surface area contributed by atoms with Gasteiger partial charge in [0.05, 0.1) is 0 Å². The molecule has 0 atom stereocenters. The van der Waals surface area contributed by atoms with E-state index >= 15 is 0 Å². The molecule has 0 aliphatic heterocycles. The van der Waals surface area contributed by atoms with Crippen LogP contribution in [0, 0.1) is 12.7 Å². The molecule has 15 heavy (non-hydrogen) atoms. The van der Waals surface area contributed by atoms with E-state index in [2.05, 4.69) is 10.3 Å². The Labute approximate surface area is 87.6 Å². The van der Waals surface area contributed by atoms with Crippen LogP contribution in [0.2, 0.25) is 0 Å². The number of benzene rings is 1. The first-order chi connectivity index (χ1) is 7.16. The Kier molecular flexibility index (Phi) is 2.41. The van der Waals surface area contributed by atoms with E-state index in [9.17, 15) is 4.39 Å². The molecule has 2 aromatic rings. The number of anilines is 2. The van der Waals surface area contributed by atoms with Crippen molar-refractivity contribution in [1.82, 2.24) is 9.55 Å². The summed E-state index contributed by atoms with van der Waals surface area (Å²) in [4.78, 5) is 4.09. The van der Waals surface area contributed by atoms with Gasteiger partial charge in [-0.05, 0) is 24.6 Å². The van der Waals surface area contributed by atoms with Gasteiger partial charge < -0.3 is 9.88 Å². The smallest absolute Gasteiger partial charge is 0.207 e. The van der Waals surface area contributed by atoms with Gasteiger partial charge in [-0.3, -0.25) is 0 Å². The lowest BCUT2D eigenvalue weighted by Gasteiger charge is -2.06. The lowest BCUT2D eigenvalue weighted by atomic mass is 10.2. The third-order valence-electron chi connectivity index (χ3n) is 2.25. The molecule has 0 unspecified atom stereocenters. The van der Waals surface area contributed by atoms with Crippen molar-refractivity contribution in [2.24, 2.45) is 7.05 Å². The standard InChI is InChI=1S/C11H12FN3/c1-8-3-4-9(7-10(8)12)14-11-13-5-6-15(11)2/h3-7H,1-2H3,(H,13,14). The Morgan fingerprint density at radius 2 is 2.20 bits per heavy atom. The molecule has 0 saturated carbocycles. The average Bonchev–Trinajstić information content (AvgIpc) is 2.59. The van der Waals surface area contributed by atoms with Gasteiger partial charge in [-0.1, -0.05) is 6.07 Å². The molecule has 1 aromatic heterocycles. The van der Waals surface area contributed by atoms with Gasteiger partial charge in [-0.15, -0.1) is 0 Å². The van der Waals surface area contributed by atoms with Crippen LogP contribution in [-0.2, 0) is 7.05 Å². The highest BCUT2D eigenvalue weighted by molar-refractivity contribution is 5.54. The maximum Gasteiger partial charge on any atom is 0.207 e. The van der Waals surface area contributed by atoms with Gasteiger partial charge in [-0.25, -0.2) is 9.37 Å². The molecule has 2 rings (SSSR count). The summed E-state index contributed by atoms with van der Waals surface area (Å²) in [5.74, 6) is 0.479. The number of hydrogen-bond donors (Lipinski definition) is 1. The summed E-state index contributed by atoms with van der Waals surface area (Å²) >= 11 is 0. The Morgan fingerprint density at radius 3 is 2.80 bits per heavy atom. The van der Waals surface area contributed by atoms with Crippen molar-refractivity contribution in [3.63, 3.8) is 0 Å². The fraction of sp³-hybridized carbons (Fsp3) is 0.182. The lowest BCUT2D eigenvalue weighted by molar-refractivity contribution is 0.619. The zero-order chi connectivity index (χ0) is 10.8. The van der Waals surface area contributed by atoms with Crippen LogP contribution < -0.4 is 5.32 Å².